The van der Waals surface area contributed by atoms with Gasteiger partial charge < -0.3 is 0 Å². The first-order chi connectivity index (χ1) is 11.6. The van der Waals surface area contributed by atoms with Crippen molar-refractivity contribution in [3.8, 4) is 0 Å². The Labute approximate surface area is 153 Å². The minimum Gasteiger partial charge on any atom is -0.295 e. The molecule has 0 atom stereocenters. The van der Waals surface area contributed by atoms with E-state index >= 15 is 0 Å². The number of aryl methyl sites for hydroxylation is 1. The Morgan fingerprint density at radius 3 is 2.21 bits per heavy atom. The maximum absolute atomic E-state index is 6.17. The molecule has 5 heteroatoms. The number of benzene rings is 2. The molecule has 0 saturated carbocycles. The van der Waals surface area contributed by atoms with Crippen molar-refractivity contribution in [2.45, 2.75) is 13.5 Å². The Morgan fingerprint density at radius 2 is 1.58 bits per heavy atom. The van der Waals surface area contributed by atoms with Crippen molar-refractivity contribution in [1.82, 2.24) is 9.91 Å². The van der Waals surface area contributed by atoms with Gasteiger partial charge in [-0.25, -0.2) is 0 Å². The first kappa shape index (κ1) is 17.3. The number of rotatable bonds is 4. The molecule has 3 rings (SSSR count). The summed E-state index contributed by atoms with van der Waals surface area (Å²) in [5.74, 6) is 0. The van der Waals surface area contributed by atoms with Crippen LogP contribution in [0.4, 0.5) is 0 Å². The Bertz CT molecular complexity index is 685. The molecule has 0 amide bonds. The van der Waals surface area contributed by atoms with Gasteiger partial charge in [0.1, 0.15) is 0 Å². The molecule has 0 aromatic heterocycles. The molecule has 1 heterocycles. The zero-order valence-electron chi connectivity index (χ0n) is 13.8. The molecule has 1 saturated heterocycles. The van der Waals surface area contributed by atoms with E-state index < -0.39 is 0 Å². The van der Waals surface area contributed by atoms with E-state index in [1.165, 1.54) is 11.1 Å². The molecule has 1 aliphatic heterocycles. The van der Waals surface area contributed by atoms with Crippen LogP contribution in [0.25, 0.3) is 0 Å². The molecular formula is C19H21Cl2N3. The van der Waals surface area contributed by atoms with E-state index in [1.807, 2.05) is 18.2 Å². The van der Waals surface area contributed by atoms with Gasteiger partial charge in [0.15, 0.2) is 0 Å². The summed E-state index contributed by atoms with van der Waals surface area (Å²) < 4.78 is 0. The number of hydrazone groups is 1. The highest BCUT2D eigenvalue weighted by Gasteiger charge is 2.15. The summed E-state index contributed by atoms with van der Waals surface area (Å²) in [7, 11) is 0. The van der Waals surface area contributed by atoms with Crippen molar-refractivity contribution >= 4 is 29.4 Å². The lowest BCUT2D eigenvalue weighted by atomic mass is 10.1. The number of hydrogen-bond acceptors (Lipinski definition) is 3. The number of nitrogens with zero attached hydrogens (tertiary/aromatic N) is 3. The highest BCUT2D eigenvalue weighted by molar-refractivity contribution is 6.38. The van der Waals surface area contributed by atoms with Crippen LogP contribution in [0.2, 0.25) is 10.0 Å². The van der Waals surface area contributed by atoms with Gasteiger partial charge in [-0.3, -0.25) is 9.91 Å². The maximum atomic E-state index is 6.17. The number of piperazine rings is 1. The van der Waals surface area contributed by atoms with Crippen molar-refractivity contribution in [2.75, 3.05) is 26.2 Å². The van der Waals surface area contributed by atoms with Crippen LogP contribution >= 0.6 is 23.2 Å². The van der Waals surface area contributed by atoms with Crippen molar-refractivity contribution in [3.05, 3.63) is 69.2 Å². The van der Waals surface area contributed by atoms with E-state index in [9.17, 15) is 0 Å². The minimum absolute atomic E-state index is 0.629. The molecule has 1 fully saturated rings. The number of halogens is 2. The molecule has 24 heavy (non-hydrogen) atoms. The average molecular weight is 362 g/mol. The summed E-state index contributed by atoms with van der Waals surface area (Å²) in [6.07, 6.45) is 1.76. The average Bonchev–Trinajstić information content (AvgIpc) is 2.58. The molecule has 1 aliphatic rings. The van der Waals surface area contributed by atoms with Gasteiger partial charge in [0.2, 0.25) is 0 Å². The van der Waals surface area contributed by atoms with Crippen molar-refractivity contribution in [3.63, 3.8) is 0 Å². The van der Waals surface area contributed by atoms with Gasteiger partial charge in [-0.05, 0) is 24.6 Å². The SMILES string of the molecule is Cc1ccc(CN2CCN(/N=C\c3c(Cl)cccc3Cl)CC2)cc1. The fraction of sp³-hybridized carbons (Fsp3) is 0.316. The second-order valence-corrected chi connectivity index (χ2v) is 6.91. The second kappa shape index (κ2) is 8.02. The number of hydrogen-bond donors (Lipinski definition) is 0. The first-order valence-electron chi connectivity index (χ1n) is 8.12. The van der Waals surface area contributed by atoms with E-state index in [4.69, 9.17) is 23.2 Å². The summed E-state index contributed by atoms with van der Waals surface area (Å²) in [6.45, 7) is 6.93. The van der Waals surface area contributed by atoms with Crippen LogP contribution in [-0.4, -0.2) is 42.3 Å². The molecule has 0 N–H and O–H groups in total. The molecule has 0 radical (unpaired) electrons. The molecule has 2 aromatic rings. The highest BCUT2D eigenvalue weighted by atomic mass is 35.5. The molecule has 0 spiro atoms. The van der Waals surface area contributed by atoms with Crippen LogP contribution in [0, 0.1) is 6.92 Å². The fourth-order valence-electron chi connectivity index (χ4n) is 2.74. The maximum Gasteiger partial charge on any atom is 0.0572 e. The van der Waals surface area contributed by atoms with Crippen LogP contribution in [0.5, 0.6) is 0 Å². The van der Waals surface area contributed by atoms with Gasteiger partial charge in [-0.2, -0.15) is 5.10 Å². The summed E-state index contributed by atoms with van der Waals surface area (Å²) in [5.41, 5.74) is 3.44. The Balaban J connectivity index is 1.53. The van der Waals surface area contributed by atoms with Crippen molar-refractivity contribution in [1.29, 1.82) is 0 Å². The lowest BCUT2D eigenvalue weighted by molar-refractivity contribution is 0.131. The van der Waals surface area contributed by atoms with Gasteiger partial charge >= 0.3 is 0 Å². The second-order valence-electron chi connectivity index (χ2n) is 6.10. The molecule has 3 nitrogen and oxygen atoms in total. The molecule has 0 bridgehead atoms. The van der Waals surface area contributed by atoms with Crippen LogP contribution < -0.4 is 0 Å². The van der Waals surface area contributed by atoms with Crippen LogP contribution in [0.3, 0.4) is 0 Å². The smallest absolute Gasteiger partial charge is 0.0572 e. The molecule has 0 aliphatic carbocycles. The van der Waals surface area contributed by atoms with E-state index in [0.717, 1.165) is 38.3 Å². The predicted molar refractivity (Wildman–Crippen MR) is 102 cm³/mol. The molecule has 0 unspecified atom stereocenters. The quantitative estimate of drug-likeness (QED) is 0.749. The van der Waals surface area contributed by atoms with Gasteiger partial charge in [0.05, 0.1) is 16.3 Å². The Kier molecular flexibility index (Phi) is 5.77. The third-order valence-electron chi connectivity index (χ3n) is 4.23. The molecule has 126 valence electrons. The van der Waals surface area contributed by atoms with E-state index in [-0.39, 0.29) is 0 Å². The van der Waals surface area contributed by atoms with E-state index in [2.05, 4.69) is 46.2 Å². The standard InChI is InChI=1S/C19H21Cl2N3/c1-15-5-7-16(8-6-15)14-23-9-11-24(12-10-23)22-13-17-18(20)3-2-4-19(17)21/h2-8,13H,9-12,14H2,1H3/b22-13-. The monoisotopic (exact) mass is 361 g/mol. The van der Waals surface area contributed by atoms with Crippen LogP contribution in [0.1, 0.15) is 16.7 Å². The van der Waals surface area contributed by atoms with Crippen molar-refractivity contribution in [2.24, 2.45) is 5.10 Å². The molecular weight excluding hydrogens is 341 g/mol. The van der Waals surface area contributed by atoms with Crippen molar-refractivity contribution < 1.29 is 0 Å². The third-order valence-corrected chi connectivity index (χ3v) is 4.88. The largest absolute Gasteiger partial charge is 0.295 e. The predicted octanol–water partition coefficient (Wildman–Crippen LogP) is 4.45. The summed E-state index contributed by atoms with van der Waals surface area (Å²) in [6, 6.07) is 14.2. The zero-order valence-corrected chi connectivity index (χ0v) is 15.3. The van der Waals surface area contributed by atoms with Crippen LogP contribution in [-0.2, 0) is 6.54 Å². The van der Waals surface area contributed by atoms with Gasteiger partial charge in [0.25, 0.3) is 0 Å². The highest BCUT2D eigenvalue weighted by Crippen LogP contribution is 2.22. The lowest BCUT2D eigenvalue weighted by Gasteiger charge is -2.33. The topological polar surface area (TPSA) is 18.8 Å². The fourth-order valence-corrected chi connectivity index (χ4v) is 3.23. The van der Waals surface area contributed by atoms with Gasteiger partial charge in [-0.15, -0.1) is 0 Å². The van der Waals surface area contributed by atoms with Gasteiger partial charge in [-0.1, -0.05) is 59.1 Å². The molecule has 2 aromatic carbocycles. The Morgan fingerprint density at radius 1 is 0.958 bits per heavy atom. The van der Waals surface area contributed by atoms with E-state index in [1.54, 1.807) is 6.21 Å². The minimum atomic E-state index is 0.629. The van der Waals surface area contributed by atoms with E-state index in [0.29, 0.717) is 10.0 Å². The van der Waals surface area contributed by atoms with Gasteiger partial charge in [0, 0.05) is 38.3 Å². The Hall–Kier alpha value is -1.55. The summed E-state index contributed by atoms with van der Waals surface area (Å²) >= 11 is 12.3. The lowest BCUT2D eigenvalue weighted by Crippen LogP contribution is -2.43. The summed E-state index contributed by atoms with van der Waals surface area (Å²) in [4.78, 5) is 2.46. The first-order valence-corrected chi connectivity index (χ1v) is 8.88. The zero-order chi connectivity index (χ0) is 16.9. The normalized spacial score (nSPS) is 16.0. The summed E-state index contributed by atoms with van der Waals surface area (Å²) in [5, 5.41) is 7.87. The third kappa shape index (κ3) is 4.50. The van der Waals surface area contributed by atoms with Crippen LogP contribution in [0.15, 0.2) is 47.6 Å².